The van der Waals surface area contributed by atoms with Gasteiger partial charge in [0.15, 0.2) is 11.5 Å². The van der Waals surface area contributed by atoms with Crippen molar-refractivity contribution in [2.45, 2.75) is 6.61 Å². The van der Waals surface area contributed by atoms with Crippen LogP contribution < -0.4 is 19.6 Å². The van der Waals surface area contributed by atoms with Crippen LogP contribution in [-0.4, -0.2) is 20.4 Å². The van der Waals surface area contributed by atoms with Gasteiger partial charge in [-0.25, -0.2) is 0 Å². The van der Waals surface area contributed by atoms with E-state index in [1.165, 1.54) is 0 Å². The minimum Gasteiger partial charge on any atom is -0.497 e. The van der Waals surface area contributed by atoms with Crippen LogP contribution >= 0.6 is 23.2 Å². The second kappa shape index (κ2) is 10.0. The van der Waals surface area contributed by atoms with Gasteiger partial charge in [-0.2, -0.15) is 5.10 Å². The molecule has 3 aromatic rings. The molecule has 0 bridgehead atoms. The molecular formula is C22H20Cl2N2O3. The standard InChI is InChI=1S/C22H20Cl2N2O3/c1-27-17-9-7-16(8-10-17)26-25-13-15-6-11-21(22(12-15)28-2)29-14-18-19(23)4-3-5-20(18)24/h3-13,26H,14H2,1-2H3/b25-13+. The van der Waals surface area contributed by atoms with Gasteiger partial charge in [0.25, 0.3) is 0 Å². The monoisotopic (exact) mass is 430 g/mol. The number of methoxy groups -OCH3 is 2. The number of nitrogens with one attached hydrogen (secondary N) is 1. The fourth-order valence-corrected chi connectivity index (χ4v) is 3.06. The third kappa shape index (κ3) is 5.56. The molecule has 0 fully saturated rings. The van der Waals surface area contributed by atoms with Crippen molar-refractivity contribution >= 4 is 35.1 Å². The lowest BCUT2D eigenvalue weighted by Crippen LogP contribution is -2.00. The molecule has 0 spiro atoms. The Hall–Kier alpha value is -2.89. The zero-order valence-electron chi connectivity index (χ0n) is 16.0. The Balaban J connectivity index is 1.66. The van der Waals surface area contributed by atoms with Gasteiger partial charge in [-0.05, 0) is 60.2 Å². The Labute approximate surface area is 179 Å². The number of halogens is 2. The number of rotatable bonds is 8. The third-order valence-corrected chi connectivity index (χ3v) is 4.83. The summed E-state index contributed by atoms with van der Waals surface area (Å²) in [5.41, 5.74) is 5.40. The molecule has 0 atom stereocenters. The molecule has 0 aliphatic heterocycles. The number of hydrazone groups is 1. The molecule has 3 rings (SSSR count). The summed E-state index contributed by atoms with van der Waals surface area (Å²) in [7, 11) is 3.21. The minimum atomic E-state index is 0.237. The molecule has 0 saturated heterocycles. The molecule has 0 amide bonds. The van der Waals surface area contributed by atoms with Crippen LogP contribution in [-0.2, 0) is 6.61 Å². The summed E-state index contributed by atoms with van der Waals surface area (Å²) < 4.78 is 16.4. The van der Waals surface area contributed by atoms with E-state index < -0.39 is 0 Å². The first kappa shape index (κ1) is 20.8. The van der Waals surface area contributed by atoms with Crippen LogP contribution in [0.25, 0.3) is 0 Å². The van der Waals surface area contributed by atoms with Gasteiger partial charge < -0.3 is 14.2 Å². The van der Waals surface area contributed by atoms with Crippen molar-refractivity contribution < 1.29 is 14.2 Å². The Morgan fingerprint density at radius 3 is 2.28 bits per heavy atom. The molecule has 3 aromatic carbocycles. The molecule has 0 saturated carbocycles. The second-order valence-corrected chi connectivity index (χ2v) is 6.81. The van der Waals surface area contributed by atoms with Gasteiger partial charge in [-0.15, -0.1) is 0 Å². The fraction of sp³-hybridized carbons (Fsp3) is 0.136. The van der Waals surface area contributed by atoms with E-state index in [0.29, 0.717) is 21.5 Å². The fourth-order valence-electron chi connectivity index (χ4n) is 2.55. The molecule has 7 heteroatoms. The molecule has 1 N–H and O–H groups in total. The summed E-state index contributed by atoms with van der Waals surface area (Å²) >= 11 is 12.4. The average Bonchev–Trinajstić information content (AvgIpc) is 2.74. The summed E-state index contributed by atoms with van der Waals surface area (Å²) in [5.74, 6) is 1.96. The number of anilines is 1. The highest BCUT2D eigenvalue weighted by Crippen LogP contribution is 2.31. The summed E-state index contributed by atoms with van der Waals surface area (Å²) in [5, 5.41) is 5.36. The van der Waals surface area contributed by atoms with Crippen LogP contribution in [0, 0.1) is 0 Å². The van der Waals surface area contributed by atoms with E-state index in [4.69, 9.17) is 37.4 Å². The largest absolute Gasteiger partial charge is 0.497 e. The Morgan fingerprint density at radius 2 is 1.62 bits per heavy atom. The van der Waals surface area contributed by atoms with Crippen LogP contribution in [0.3, 0.4) is 0 Å². The van der Waals surface area contributed by atoms with Crippen molar-refractivity contribution in [2.75, 3.05) is 19.6 Å². The topological polar surface area (TPSA) is 52.1 Å². The number of nitrogens with zero attached hydrogens (tertiary/aromatic N) is 1. The first-order valence-corrected chi connectivity index (χ1v) is 9.53. The summed E-state index contributed by atoms with van der Waals surface area (Å²) in [6.07, 6.45) is 1.70. The summed E-state index contributed by atoms with van der Waals surface area (Å²) in [6, 6.07) is 18.4. The molecule has 0 unspecified atom stereocenters. The number of hydrogen-bond donors (Lipinski definition) is 1. The van der Waals surface area contributed by atoms with E-state index in [1.54, 1.807) is 38.6 Å². The van der Waals surface area contributed by atoms with Crippen molar-refractivity contribution in [1.82, 2.24) is 0 Å². The highest BCUT2D eigenvalue weighted by Gasteiger charge is 2.09. The SMILES string of the molecule is COc1ccc(N/N=C/c2ccc(OCc3c(Cl)cccc3Cl)c(OC)c2)cc1. The summed E-state index contributed by atoms with van der Waals surface area (Å²) in [6.45, 7) is 0.237. The summed E-state index contributed by atoms with van der Waals surface area (Å²) in [4.78, 5) is 0. The predicted molar refractivity (Wildman–Crippen MR) is 118 cm³/mol. The van der Waals surface area contributed by atoms with Crippen molar-refractivity contribution in [3.05, 3.63) is 81.8 Å². The number of benzene rings is 3. The molecule has 0 aliphatic carbocycles. The molecular weight excluding hydrogens is 411 g/mol. The lowest BCUT2D eigenvalue weighted by Gasteiger charge is -2.13. The molecule has 29 heavy (non-hydrogen) atoms. The second-order valence-electron chi connectivity index (χ2n) is 6.00. The van der Waals surface area contributed by atoms with Gasteiger partial charge >= 0.3 is 0 Å². The Kier molecular flexibility index (Phi) is 7.22. The van der Waals surface area contributed by atoms with E-state index in [9.17, 15) is 0 Å². The maximum absolute atomic E-state index is 6.19. The van der Waals surface area contributed by atoms with Crippen LogP contribution in [0.5, 0.6) is 17.2 Å². The molecule has 150 valence electrons. The molecule has 0 heterocycles. The zero-order chi connectivity index (χ0) is 20.6. The smallest absolute Gasteiger partial charge is 0.161 e. The number of ether oxygens (including phenoxy) is 3. The Morgan fingerprint density at radius 1 is 0.897 bits per heavy atom. The highest BCUT2D eigenvalue weighted by molar-refractivity contribution is 6.35. The highest BCUT2D eigenvalue weighted by atomic mass is 35.5. The molecule has 0 aliphatic rings. The van der Waals surface area contributed by atoms with E-state index in [2.05, 4.69) is 10.5 Å². The van der Waals surface area contributed by atoms with Crippen LogP contribution in [0.15, 0.2) is 65.8 Å². The third-order valence-electron chi connectivity index (χ3n) is 4.12. The normalized spacial score (nSPS) is 10.8. The maximum atomic E-state index is 6.19. The first-order valence-electron chi connectivity index (χ1n) is 8.77. The molecule has 0 radical (unpaired) electrons. The minimum absolute atomic E-state index is 0.237. The van der Waals surface area contributed by atoms with Gasteiger partial charge in [0.2, 0.25) is 0 Å². The maximum Gasteiger partial charge on any atom is 0.161 e. The number of hydrogen-bond acceptors (Lipinski definition) is 5. The van der Waals surface area contributed by atoms with Gasteiger partial charge in [0.05, 0.1) is 26.1 Å². The van der Waals surface area contributed by atoms with Gasteiger partial charge in [0.1, 0.15) is 12.4 Å². The molecule has 5 nitrogen and oxygen atoms in total. The van der Waals surface area contributed by atoms with Crippen LogP contribution in [0.1, 0.15) is 11.1 Å². The van der Waals surface area contributed by atoms with Crippen LogP contribution in [0.2, 0.25) is 10.0 Å². The Bertz CT molecular complexity index is 972. The predicted octanol–water partition coefficient (Wildman–Crippen LogP) is 6.04. The van der Waals surface area contributed by atoms with Gasteiger partial charge in [-0.3, -0.25) is 5.43 Å². The van der Waals surface area contributed by atoms with E-state index in [0.717, 1.165) is 22.6 Å². The van der Waals surface area contributed by atoms with Crippen molar-refractivity contribution in [3.8, 4) is 17.2 Å². The lowest BCUT2D eigenvalue weighted by atomic mass is 10.2. The van der Waals surface area contributed by atoms with Crippen molar-refractivity contribution in [2.24, 2.45) is 5.10 Å². The molecule has 0 aromatic heterocycles. The van der Waals surface area contributed by atoms with Crippen LogP contribution in [0.4, 0.5) is 5.69 Å². The zero-order valence-corrected chi connectivity index (χ0v) is 17.5. The van der Waals surface area contributed by atoms with Crippen molar-refractivity contribution in [1.29, 1.82) is 0 Å². The van der Waals surface area contributed by atoms with E-state index >= 15 is 0 Å². The van der Waals surface area contributed by atoms with Gasteiger partial charge in [-0.1, -0.05) is 29.3 Å². The van der Waals surface area contributed by atoms with E-state index in [1.807, 2.05) is 42.5 Å². The van der Waals surface area contributed by atoms with Crippen molar-refractivity contribution in [3.63, 3.8) is 0 Å². The quantitative estimate of drug-likeness (QED) is 0.349. The first-order chi connectivity index (χ1) is 14.1. The van der Waals surface area contributed by atoms with E-state index in [-0.39, 0.29) is 6.61 Å². The lowest BCUT2D eigenvalue weighted by molar-refractivity contribution is 0.284. The average molecular weight is 431 g/mol. The van der Waals surface area contributed by atoms with Gasteiger partial charge in [0, 0.05) is 15.6 Å².